The van der Waals surface area contributed by atoms with Gasteiger partial charge < -0.3 is 20.3 Å². The van der Waals surface area contributed by atoms with Gasteiger partial charge in [-0.2, -0.15) is 4.98 Å². The molecule has 7 heteroatoms. The fourth-order valence-electron chi connectivity index (χ4n) is 3.30. The Labute approximate surface area is 172 Å². The lowest BCUT2D eigenvalue weighted by molar-refractivity contribution is 0.0983. The fourth-order valence-corrected chi connectivity index (χ4v) is 3.30. The predicted octanol–water partition coefficient (Wildman–Crippen LogP) is 4.39. The van der Waals surface area contributed by atoms with Crippen LogP contribution >= 0.6 is 0 Å². The fraction of sp³-hybridized carbons (Fsp3) is 0.500. The molecule has 1 aromatic carbocycles. The predicted molar refractivity (Wildman–Crippen MR) is 116 cm³/mol. The normalized spacial score (nSPS) is 15.1. The number of rotatable bonds is 5. The van der Waals surface area contributed by atoms with Gasteiger partial charge in [0.15, 0.2) is 0 Å². The first-order valence-corrected chi connectivity index (χ1v) is 10.2. The Morgan fingerprint density at radius 2 is 1.86 bits per heavy atom. The molecule has 2 aromatic rings. The standard InChI is InChI=1S/C22H31N5O2/c1-5-29-21(28)27-13-11-17(12-14-27)23-19-15-18(16-9-7-6-8-10-16)24-20(25-19)26-22(2,3)4/h6-10,15,17H,5,11-14H2,1-4H3,(H2,23,24,25,26). The van der Waals surface area contributed by atoms with Crippen molar-refractivity contribution in [2.75, 3.05) is 30.3 Å². The quantitative estimate of drug-likeness (QED) is 0.779. The summed E-state index contributed by atoms with van der Waals surface area (Å²) in [6.07, 6.45) is 1.48. The Bertz CT molecular complexity index is 812. The third kappa shape index (κ3) is 6.07. The molecule has 1 fully saturated rings. The van der Waals surface area contributed by atoms with Crippen LogP contribution in [0, 0.1) is 0 Å². The first kappa shape index (κ1) is 20.9. The van der Waals surface area contributed by atoms with E-state index < -0.39 is 0 Å². The number of likely N-dealkylation sites (tertiary alicyclic amines) is 1. The van der Waals surface area contributed by atoms with E-state index in [0.29, 0.717) is 25.6 Å². The maximum Gasteiger partial charge on any atom is 0.409 e. The van der Waals surface area contributed by atoms with Crippen LogP contribution in [0.3, 0.4) is 0 Å². The molecule has 0 radical (unpaired) electrons. The lowest BCUT2D eigenvalue weighted by Gasteiger charge is -2.32. The van der Waals surface area contributed by atoms with Crippen LogP contribution in [0.2, 0.25) is 0 Å². The molecule has 1 aromatic heterocycles. The van der Waals surface area contributed by atoms with Gasteiger partial charge in [0, 0.05) is 36.3 Å². The highest BCUT2D eigenvalue weighted by molar-refractivity contribution is 5.68. The van der Waals surface area contributed by atoms with Crippen LogP contribution in [0.4, 0.5) is 16.6 Å². The molecular formula is C22H31N5O2. The first-order valence-electron chi connectivity index (χ1n) is 10.2. The molecule has 1 saturated heterocycles. The minimum atomic E-state index is -0.226. The summed E-state index contributed by atoms with van der Waals surface area (Å²) in [6, 6.07) is 12.3. The van der Waals surface area contributed by atoms with Gasteiger partial charge in [-0.05, 0) is 40.5 Å². The van der Waals surface area contributed by atoms with E-state index in [9.17, 15) is 4.79 Å². The second-order valence-corrected chi connectivity index (χ2v) is 8.31. The molecule has 2 heterocycles. The minimum Gasteiger partial charge on any atom is -0.450 e. The summed E-state index contributed by atoms with van der Waals surface area (Å²) < 4.78 is 5.10. The van der Waals surface area contributed by atoms with Gasteiger partial charge in [-0.25, -0.2) is 9.78 Å². The Morgan fingerprint density at radius 3 is 2.48 bits per heavy atom. The summed E-state index contributed by atoms with van der Waals surface area (Å²) in [7, 11) is 0. The third-order valence-electron chi connectivity index (χ3n) is 4.66. The number of piperidine rings is 1. The van der Waals surface area contributed by atoms with Gasteiger partial charge in [-0.3, -0.25) is 0 Å². The first-order chi connectivity index (χ1) is 13.8. The number of hydrogen-bond acceptors (Lipinski definition) is 6. The molecule has 3 rings (SSSR count). The van der Waals surface area contributed by atoms with E-state index in [1.54, 1.807) is 4.90 Å². The van der Waals surface area contributed by atoms with E-state index in [1.165, 1.54) is 0 Å². The number of aromatic nitrogens is 2. The summed E-state index contributed by atoms with van der Waals surface area (Å²) in [5.74, 6) is 1.39. The van der Waals surface area contributed by atoms with E-state index in [4.69, 9.17) is 9.72 Å². The lowest BCUT2D eigenvalue weighted by Crippen LogP contribution is -2.42. The van der Waals surface area contributed by atoms with Crippen LogP contribution in [0.1, 0.15) is 40.5 Å². The SMILES string of the molecule is CCOC(=O)N1CCC(Nc2cc(-c3ccccc3)nc(NC(C)(C)C)n2)CC1. The van der Waals surface area contributed by atoms with Crippen molar-refractivity contribution in [3.05, 3.63) is 36.4 Å². The highest BCUT2D eigenvalue weighted by atomic mass is 16.6. The summed E-state index contributed by atoms with van der Waals surface area (Å²) in [6.45, 7) is 9.86. The van der Waals surface area contributed by atoms with Gasteiger partial charge >= 0.3 is 6.09 Å². The maximum atomic E-state index is 11.9. The zero-order chi connectivity index (χ0) is 20.9. The van der Waals surface area contributed by atoms with Crippen molar-refractivity contribution in [2.24, 2.45) is 0 Å². The lowest BCUT2D eigenvalue weighted by atomic mass is 10.1. The second kappa shape index (κ2) is 9.11. The van der Waals surface area contributed by atoms with Gasteiger partial charge in [-0.15, -0.1) is 0 Å². The average molecular weight is 398 g/mol. The second-order valence-electron chi connectivity index (χ2n) is 8.31. The van der Waals surface area contributed by atoms with Crippen molar-refractivity contribution in [3.63, 3.8) is 0 Å². The number of anilines is 2. The van der Waals surface area contributed by atoms with Crippen LogP contribution in [0.5, 0.6) is 0 Å². The Morgan fingerprint density at radius 1 is 1.17 bits per heavy atom. The number of benzene rings is 1. The topological polar surface area (TPSA) is 79.4 Å². The molecule has 1 aliphatic heterocycles. The van der Waals surface area contributed by atoms with Crippen molar-refractivity contribution < 1.29 is 9.53 Å². The molecule has 2 N–H and O–H groups in total. The van der Waals surface area contributed by atoms with E-state index in [0.717, 1.165) is 29.9 Å². The van der Waals surface area contributed by atoms with Crippen molar-refractivity contribution >= 4 is 17.9 Å². The van der Waals surface area contributed by atoms with Crippen molar-refractivity contribution in [2.45, 2.75) is 52.1 Å². The monoisotopic (exact) mass is 397 g/mol. The van der Waals surface area contributed by atoms with Crippen LogP contribution in [0.15, 0.2) is 36.4 Å². The minimum absolute atomic E-state index is 0.141. The Hall–Kier alpha value is -2.83. The average Bonchev–Trinajstić information content (AvgIpc) is 2.68. The van der Waals surface area contributed by atoms with Gasteiger partial charge in [0.2, 0.25) is 5.95 Å². The maximum absolute atomic E-state index is 11.9. The number of hydrogen-bond donors (Lipinski definition) is 2. The van der Waals surface area contributed by atoms with E-state index in [-0.39, 0.29) is 17.7 Å². The molecule has 1 amide bonds. The molecule has 1 aliphatic rings. The molecule has 0 aliphatic carbocycles. The smallest absolute Gasteiger partial charge is 0.409 e. The molecule has 0 spiro atoms. The molecule has 156 valence electrons. The van der Waals surface area contributed by atoms with Gasteiger partial charge in [-0.1, -0.05) is 30.3 Å². The van der Waals surface area contributed by atoms with E-state index in [1.807, 2.05) is 43.3 Å². The molecular weight excluding hydrogens is 366 g/mol. The number of nitrogens with zero attached hydrogens (tertiary/aromatic N) is 3. The van der Waals surface area contributed by atoms with Crippen LogP contribution < -0.4 is 10.6 Å². The van der Waals surface area contributed by atoms with Gasteiger partial charge in [0.25, 0.3) is 0 Å². The molecule has 29 heavy (non-hydrogen) atoms. The molecule has 0 atom stereocenters. The van der Waals surface area contributed by atoms with Gasteiger partial charge in [0.05, 0.1) is 12.3 Å². The van der Waals surface area contributed by atoms with Crippen LogP contribution in [0.25, 0.3) is 11.3 Å². The zero-order valence-electron chi connectivity index (χ0n) is 17.7. The number of ether oxygens (including phenoxy) is 1. The van der Waals surface area contributed by atoms with Gasteiger partial charge in [0.1, 0.15) is 5.82 Å². The largest absolute Gasteiger partial charge is 0.450 e. The number of amides is 1. The zero-order valence-corrected chi connectivity index (χ0v) is 17.7. The van der Waals surface area contributed by atoms with E-state index >= 15 is 0 Å². The van der Waals surface area contributed by atoms with Crippen LogP contribution in [-0.2, 0) is 4.74 Å². The molecule has 7 nitrogen and oxygen atoms in total. The molecule has 0 bridgehead atoms. The number of carbonyl (C=O) groups is 1. The highest BCUT2D eigenvalue weighted by Gasteiger charge is 2.24. The third-order valence-corrected chi connectivity index (χ3v) is 4.66. The molecule has 0 unspecified atom stereocenters. The van der Waals surface area contributed by atoms with Crippen molar-refractivity contribution in [1.29, 1.82) is 0 Å². The number of carbonyl (C=O) groups excluding carboxylic acids is 1. The summed E-state index contributed by atoms with van der Waals surface area (Å²) >= 11 is 0. The van der Waals surface area contributed by atoms with E-state index in [2.05, 4.69) is 36.4 Å². The highest BCUT2D eigenvalue weighted by Crippen LogP contribution is 2.24. The molecule has 0 saturated carbocycles. The summed E-state index contributed by atoms with van der Waals surface area (Å²) in [5, 5.41) is 6.91. The van der Waals surface area contributed by atoms with Crippen molar-refractivity contribution in [1.82, 2.24) is 14.9 Å². The Kier molecular flexibility index (Phi) is 6.56. The van der Waals surface area contributed by atoms with Crippen LogP contribution in [-0.4, -0.2) is 52.2 Å². The number of nitrogens with one attached hydrogen (secondary N) is 2. The summed E-state index contributed by atoms with van der Waals surface area (Å²) in [4.78, 5) is 23.1. The summed E-state index contributed by atoms with van der Waals surface area (Å²) in [5.41, 5.74) is 1.78. The van der Waals surface area contributed by atoms with Crippen molar-refractivity contribution in [3.8, 4) is 11.3 Å². The Balaban J connectivity index is 1.75.